The minimum atomic E-state index is -0.744. The van der Waals surface area contributed by atoms with Crippen LogP contribution in [0.15, 0.2) is 23.9 Å². The molecule has 3 amide bonds. The Morgan fingerprint density at radius 3 is 2.82 bits per heavy atom. The molecule has 1 aliphatic heterocycles. The lowest BCUT2D eigenvalue weighted by Gasteiger charge is -2.28. The number of hydrogen-bond donors (Lipinski definition) is 2. The van der Waals surface area contributed by atoms with E-state index in [1.165, 1.54) is 11.0 Å². The smallest absolute Gasteiger partial charge is 0.411 e. The number of alkyl carbamates (subject to hydrolysis) is 1. The molecule has 8 nitrogen and oxygen atoms in total. The number of fused-ring (bicyclic) bond motifs is 1. The molecule has 0 aromatic heterocycles. The van der Waals surface area contributed by atoms with Gasteiger partial charge in [0.05, 0.1) is 24.5 Å². The molecule has 0 unspecified atom stereocenters. The van der Waals surface area contributed by atoms with Crippen molar-refractivity contribution in [1.29, 1.82) is 0 Å². The van der Waals surface area contributed by atoms with Crippen molar-refractivity contribution in [2.75, 3.05) is 30.0 Å². The van der Waals surface area contributed by atoms with Crippen molar-refractivity contribution in [2.24, 2.45) is 0 Å². The number of anilines is 2. The average Bonchev–Trinajstić information content (AvgIpc) is 2.65. The number of halogens is 1. The average molecular weight is 389 g/mol. The molecule has 148 valence electrons. The zero-order valence-corrected chi connectivity index (χ0v) is 15.5. The fraction of sp³-hybridized carbons (Fsp3) is 0.316. The summed E-state index contributed by atoms with van der Waals surface area (Å²) in [6.07, 6.45) is 6.05. The summed E-state index contributed by atoms with van der Waals surface area (Å²) in [5.74, 6) is 0.720. The Morgan fingerprint density at radius 2 is 2.18 bits per heavy atom. The number of carbonyl (C=O) groups excluding carboxylic acids is 3. The number of allylic oxidation sites excluding steroid dienone is 1. The van der Waals surface area contributed by atoms with Gasteiger partial charge in [0.1, 0.15) is 5.75 Å². The van der Waals surface area contributed by atoms with E-state index in [-0.39, 0.29) is 42.8 Å². The van der Waals surface area contributed by atoms with Gasteiger partial charge < -0.3 is 14.8 Å². The quantitative estimate of drug-likeness (QED) is 0.574. The van der Waals surface area contributed by atoms with E-state index in [0.717, 1.165) is 12.1 Å². The molecule has 2 rings (SSSR count). The predicted octanol–water partition coefficient (Wildman–Crippen LogP) is 2.16. The minimum absolute atomic E-state index is 0.0163. The van der Waals surface area contributed by atoms with Gasteiger partial charge in [-0.25, -0.2) is 9.18 Å². The van der Waals surface area contributed by atoms with Gasteiger partial charge in [-0.15, -0.1) is 6.42 Å². The first-order valence-corrected chi connectivity index (χ1v) is 8.55. The number of carbonyl (C=O) groups is 3. The molecule has 1 aliphatic rings. The molecule has 0 spiro atoms. The summed E-state index contributed by atoms with van der Waals surface area (Å²) in [6, 6.07) is 2.34. The third-order valence-corrected chi connectivity index (χ3v) is 3.72. The SMILES string of the molecule is C#CCN1C(=O)COc2cc(F)c(NC(=O)/C=C(/CC)NC(=O)OCC)cc21. The van der Waals surface area contributed by atoms with Gasteiger partial charge in [-0.3, -0.25) is 19.8 Å². The van der Waals surface area contributed by atoms with Gasteiger partial charge in [0.25, 0.3) is 5.91 Å². The van der Waals surface area contributed by atoms with Gasteiger partial charge in [0.2, 0.25) is 5.91 Å². The molecule has 1 aromatic rings. The van der Waals surface area contributed by atoms with Crippen molar-refractivity contribution < 1.29 is 28.2 Å². The van der Waals surface area contributed by atoms with Gasteiger partial charge in [0, 0.05) is 17.8 Å². The van der Waals surface area contributed by atoms with E-state index in [9.17, 15) is 18.8 Å². The van der Waals surface area contributed by atoms with E-state index in [4.69, 9.17) is 15.9 Å². The third kappa shape index (κ3) is 5.01. The van der Waals surface area contributed by atoms with Crippen LogP contribution in [-0.4, -0.2) is 37.7 Å². The second-order valence-corrected chi connectivity index (χ2v) is 5.63. The highest BCUT2D eigenvalue weighted by atomic mass is 19.1. The first-order chi connectivity index (χ1) is 13.4. The zero-order chi connectivity index (χ0) is 20.7. The molecule has 0 saturated heterocycles. The van der Waals surface area contributed by atoms with Crippen molar-refractivity contribution in [3.63, 3.8) is 0 Å². The van der Waals surface area contributed by atoms with E-state index >= 15 is 0 Å². The van der Waals surface area contributed by atoms with Crippen molar-refractivity contribution in [3.05, 3.63) is 29.7 Å². The van der Waals surface area contributed by atoms with Crippen molar-refractivity contribution in [1.82, 2.24) is 5.32 Å². The van der Waals surface area contributed by atoms with Crippen LogP contribution in [-0.2, 0) is 14.3 Å². The zero-order valence-electron chi connectivity index (χ0n) is 15.5. The molecule has 0 radical (unpaired) electrons. The highest BCUT2D eigenvalue weighted by molar-refractivity contribution is 6.02. The molecule has 28 heavy (non-hydrogen) atoms. The molecule has 1 aromatic carbocycles. The highest BCUT2D eigenvalue weighted by Crippen LogP contribution is 2.36. The molecule has 0 atom stereocenters. The second kappa shape index (κ2) is 9.41. The monoisotopic (exact) mass is 389 g/mol. The van der Waals surface area contributed by atoms with Crippen molar-refractivity contribution >= 4 is 29.3 Å². The van der Waals surface area contributed by atoms with E-state index in [0.29, 0.717) is 12.1 Å². The Hall–Kier alpha value is -3.54. The molecule has 0 fully saturated rings. The maximum atomic E-state index is 14.3. The van der Waals surface area contributed by atoms with Gasteiger partial charge in [-0.2, -0.15) is 0 Å². The molecular weight excluding hydrogens is 369 g/mol. The number of amides is 3. The molecule has 0 saturated carbocycles. The predicted molar refractivity (Wildman–Crippen MR) is 100 cm³/mol. The van der Waals surface area contributed by atoms with Gasteiger partial charge in [-0.05, 0) is 19.4 Å². The van der Waals surface area contributed by atoms with Crippen LogP contribution < -0.4 is 20.3 Å². The Bertz CT molecular complexity index is 860. The fourth-order valence-corrected chi connectivity index (χ4v) is 2.43. The Balaban J connectivity index is 2.23. The Morgan fingerprint density at radius 1 is 1.43 bits per heavy atom. The second-order valence-electron chi connectivity index (χ2n) is 5.63. The van der Waals surface area contributed by atoms with Crippen LogP contribution in [0.1, 0.15) is 20.3 Å². The normalized spacial score (nSPS) is 13.1. The number of rotatable bonds is 6. The molecular formula is C19H20FN3O5. The number of nitrogens with one attached hydrogen (secondary N) is 2. The topological polar surface area (TPSA) is 97.0 Å². The van der Waals surface area contributed by atoms with E-state index in [2.05, 4.69) is 16.6 Å². The maximum absolute atomic E-state index is 14.3. The standard InChI is InChI=1S/C19H20FN3O5/c1-4-7-23-15-10-14(13(20)9-16(15)28-11-18(23)25)22-17(24)8-12(5-2)21-19(26)27-6-3/h1,8-10H,5-7,11H2,2-3H3,(H,21,26)(H,22,24)/b12-8-. The summed E-state index contributed by atoms with van der Waals surface area (Å²) < 4.78 is 24.3. The summed E-state index contributed by atoms with van der Waals surface area (Å²) in [5.41, 5.74) is 0.393. The number of benzene rings is 1. The number of nitrogens with zero attached hydrogens (tertiary/aromatic N) is 1. The van der Waals surface area contributed by atoms with Crippen LogP contribution >= 0.6 is 0 Å². The summed E-state index contributed by atoms with van der Waals surface area (Å²) in [5, 5.41) is 4.81. The molecule has 2 N–H and O–H groups in total. The lowest BCUT2D eigenvalue weighted by molar-refractivity contribution is -0.121. The van der Waals surface area contributed by atoms with Crippen LogP contribution in [0.25, 0.3) is 0 Å². The lowest BCUT2D eigenvalue weighted by atomic mass is 10.2. The van der Waals surface area contributed by atoms with Crippen LogP contribution in [0.4, 0.5) is 20.6 Å². The number of ether oxygens (including phenoxy) is 2. The van der Waals surface area contributed by atoms with Crippen molar-refractivity contribution in [2.45, 2.75) is 20.3 Å². The summed E-state index contributed by atoms with van der Waals surface area (Å²) in [7, 11) is 0. The summed E-state index contributed by atoms with van der Waals surface area (Å²) in [6.45, 7) is 3.30. The lowest BCUT2D eigenvalue weighted by Crippen LogP contribution is -2.39. The van der Waals surface area contributed by atoms with Gasteiger partial charge >= 0.3 is 6.09 Å². The molecule has 9 heteroatoms. The minimum Gasteiger partial charge on any atom is -0.481 e. The largest absolute Gasteiger partial charge is 0.481 e. The number of hydrogen-bond acceptors (Lipinski definition) is 5. The summed E-state index contributed by atoms with van der Waals surface area (Å²) in [4.78, 5) is 36.9. The molecule has 0 aliphatic carbocycles. The van der Waals surface area contributed by atoms with Crippen LogP contribution in [0.5, 0.6) is 5.75 Å². The summed E-state index contributed by atoms with van der Waals surface area (Å²) >= 11 is 0. The van der Waals surface area contributed by atoms with Crippen molar-refractivity contribution in [3.8, 4) is 18.1 Å². The Kier molecular flexibility index (Phi) is 6.98. The van der Waals surface area contributed by atoms with Crippen LogP contribution in [0.3, 0.4) is 0 Å². The van der Waals surface area contributed by atoms with Gasteiger partial charge in [-0.1, -0.05) is 12.8 Å². The maximum Gasteiger partial charge on any atom is 0.411 e. The first kappa shape index (κ1) is 20.8. The highest BCUT2D eigenvalue weighted by Gasteiger charge is 2.27. The first-order valence-electron chi connectivity index (χ1n) is 8.55. The molecule has 1 heterocycles. The van der Waals surface area contributed by atoms with Gasteiger partial charge in [0.15, 0.2) is 12.4 Å². The van der Waals surface area contributed by atoms with E-state index in [1.54, 1.807) is 13.8 Å². The van der Waals surface area contributed by atoms with E-state index < -0.39 is 17.8 Å². The van der Waals surface area contributed by atoms with E-state index in [1.807, 2.05) is 0 Å². The number of terminal acetylenes is 1. The molecule has 0 bridgehead atoms. The third-order valence-electron chi connectivity index (χ3n) is 3.72. The van der Waals surface area contributed by atoms with Crippen LogP contribution in [0.2, 0.25) is 0 Å². The Labute approximate surface area is 161 Å². The fourth-order valence-electron chi connectivity index (χ4n) is 2.43. The van der Waals surface area contributed by atoms with Crippen LogP contribution in [0, 0.1) is 18.2 Å².